The van der Waals surface area contributed by atoms with E-state index in [2.05, 4.69) is 15.7 Å². The van der Waals surface area contributed by atoms with E-state index in [4.69, 9.17) is 4.74 Å². The zero-order valence-corrected chi connectivity index (χ0v) is 16.7. The number of esters is 1. The molecule has 0 aliphatic carbocycles. The maximum Gasteiger partial charge on any atom is 0.342 e. The zero-order chi connectivity index (χ0) is 20.8. The molecule has 0 saturated carbocycles. The van der Waals surface area contributed by atoms with Crippen LogP contribution in [0, 0.1) is 0 Å². The fraction of sp³-hybridized carbons (Fsp3) is 0.200. The summed E-state index contributed by atoms with van der Waals surface area (Å²) < 4.78 is 6.87. The van der Waals surface area contributed by atoms with Crippen LogP contribution in [0.15, 0.2) is 54.0 Å². The number of para-hydroxylation sites is 1. The summed E-state index contributed by atoms with van der Waals surface area (Å²) in [5, 5.41) is 11.0. The Kier molecular flexibility index (Phi) is 6.40. The van der Waals surface area contributed by atoms with Gasteiger partial charge in [0.1, 0.15) is 11.3 Å². The predicted molar refractivity (Wildman–Crippen MR) is 109 cm³/mol. The van der Waals surface area contributed by atoms with Gasteiger partial charge in [-0.1, -0.05) is 24.3 Å². The van der Waals surface area contributed by atoms with Gasteiger partial charge in [-0.25, -0.2) is 14.3 Å². The minimum Gasteiger partial charge on any atom is -0.449 e. The van der Waals surface area contributed by atoms with Gasteiger partial charge >= 0.3 is 12.0 Å². The van der Waals surface area contributed by atoms with Crippen molar-refractivity contribution in [2.45, 2.75) is 20.0 Å². The van der Waals surface area contributed by atoms with Crippen LogP contribution in [0.1, 0.15) is 24.2 Å². The number of carbonyl (C=O) groups is 3. The van der Waals surface area contributed by atoms with Crippen LogP contribution in [0.5, 0.6) is 0 Å². The van der Waals surface area contributed by atoms with E-state index in [0.717, 1.165) is 10.6 Å². The lowest BCUT2D eigenvalue weighted by molar-refractivity contribution is -0.127. The Labute approximate surface area is 171 Å². The Morgan fingerprint density at radius 2 is 1.93 bits per heavy atom. The van der Waals surface area contributed by atoms with Crippen molar-refractivity contribution in [1.82, 2.24) is 20.4 Å². The number of amides is 3. The predicted octanol–water partition coefficient (Wildman–Crippen LogP) is 2.99. The Morgan fingerprint density at radius 1 is 1.17 bits per heavy atom. The van der Waals surface area contributed by atoms with Crippen molar-refractivity contribution in [2.24, 2.45) is 0 Å². The molecule has 1 atom stereocenters. The highest BCUT2D eigenvalue weighted by Crippen LogP contribution is 2.28. The minimum absolute atomic E-state index is 0.231. The summed E-state index contributed by atoms with van der Waals surface area (Å²) in [4.78, 5) is 37.1. The number of rotatable bonds is 6. The first-order chi connectivity index (χ1) is 14.0. The van der Waals surface area contributed by atoms with Crippen LogP contribution in [0.3, 0.4) is 0 Å². The van der Waals surface area contributed by atoms with Crippen LogP contribution in [-0.2, 0) is 9.53 Å². The third-order valence-electron chi connectivity index (χ3n) is 3.94. The van der Waals surface area contributed by atoms with Gasteiger partial charge in [-0.05, 0) is 37.4 Å². The molecule has 9 heteroatoms. The van der Waals surface area contributed by atoms with Crippen LogP contribution in [-0.4, -0.2) is 40.3 Å². The molecule has 0 radical (unpaired) electrons. The molecular weight excluding hydrogens is 392 g/mol. The van der Waals surface area contributed by atoms with Crippen LogP contribution in [0.2, 0.25) is 0 Å². The van der Waals surface area contributed by atoms with Crippen LogP contribution in [0.4, 0.5) is 4.79 Å². The number of urea groups is 1. The van der Waals surface area contributed by atoms with E-state index < -0.39 is 24.0 Å². The van der Waals surface area contributed by atoms with Gasteiger partial charge in [0.2, 0.25) is 0 Å². The average molecular weight is 412 g/mol. The second kappa shape index (κ2) is 9.16. The van der Waals surface area contributed by atoms with E-state index in [-0.39, 0.29) is 5.56 Å². The Hall–Kier alpha value is -3.46. The quantitative estimate of drug-likeness (QED) is 0.606. The van der Waals surface area contributed by atoms with E-state index in [1.165, 1.54) is 18.3 Å². The van der Waals surface area contributed by atoms with Crippen LogP contribution < -0.4 is 10.6 Å². The monoisotopic (exact) mass is 412 g/mol. The highest BCUT2D eigenvalue weighted by atomic mass is 32.1. The molecule has 2 N–H and O–H groups in total. The number of ether oxygens (including phenoxy) is 1. The zero-order valence-electron chi connectivity index (χ0n) is 15.9. The van der Waals surface area contributed by atoms with E-state index in [9.17, 15) is 14.4 Å². The maximum absolute atomic E-state index is 12.8. The maximum atomic E-state index is 12.8. The lowest BCUT2D eigenvalue weighted by Crippen LogP contribution is -2.44. The molecule has 2 aromatic heterocycles. The molecule has 0 fully saturated rings. The summed E-state index contributed by atoms with van der Waals surface area (Å²) in [6, 6.07) is 12.4. The van der Waals surface area contributed by atoms with Gasteiger partial charge in [-0.15, -0.1) is 11.3 Å². The SMILES string of the molecule is CCNC(=O)NC(=O)C(C)OC(=O)c1cn(-c2ccccc2)nc1-c1cccs1. The number of carbonyl (C=O) groups excluding carboxylic acids is 3. The number of imide groups is 1. The van der Waals surface area contributed by atoms with E-state index in [1.54, 1.807) is 17.8 Å². The van der Waals surface area contributed by atoms with Gasteiger partial charge in [-0.2, -0.15) is 5.10 Å². The van der Waals surface area contributed by atoms with Crippen molar-refractivity contribution in [3.63, 3.8) is 0 Å². The molecule has 0 aliphatic heterocycles. The van der Waals surface area contributed by atoms with E-state index >= 15 is 0 Å². The standard InChI is InChI=1S/C20H20N4O4S/c1-3-21-20(27)22-18(25)13(2)28-19(26)15-12-24(14-8-5-4-6-9-14)23-17(15)16-10-7-11-29-16/h4-13H,3H2,1-2H3,(H2,21,22,25,27). The van der Waals surface area contributed by atoms with Gasteiger partial charge in [0.05, 0.1) is 10.6 Å². The summed E-state index contributed by atoms with van der Waals surface area (Å²) in [6.45, 7) is 3.50. The molecular formula is C20H20N4O4S. The van der Waals surface area contributed by atoms with Crippen molar-refractivity contribution in [3.05, 3.63) is 59.6 Å². The molecule has 0 spiro atoms. The highest BCUT2D eigenvalue weighted by Gasteiger charge is 2.25. The number of nitrogens with one attached hydrogen (secondary N) is 2. The molecule has 29 heavy (non-hydrogen) atoms. The molecule has 3 rings (SSSR count). The fourth-order valence-electron chi connectivity index (χ4n) is 2.53. The lowest BCUT2D eigenvalue weighted by Gasteiger charge is -2.12. The topological polar surface area (TPSA) is 102 Å². The molecule has 150 valence electrons. The summed E-state index contributed by atoms with van der Waals surface area (Å²) >= 11 is 1.44. The molecule has 1 unspecified atom stereocenters. The second-order valence-corrected chi connectivity index (χ2v) is 6.99. The number of thiophene rings is 1. The van der Waals surface area contributed by atoms with Crippen LogP contribution in [0.25, 0.3) is 16.3 Å². The number of benzene rings is 1. The highest BCUT2D eigenvalue weighted by molar-refractivity contribution is 7.13. The summed E-state index contributed by atoms with van der Waals surface area (Å²) in [7, 11) is 0. The second-order valence-electron chi connectivity index (χ2n) is 6.05. The molecule has 1 aromatic carbocycles. The van der Waals surface area contributed by atoms with E-state index in [1.807, 2.05) is 47.8 Å². The fourth-order valence-corrected chi connectivity index (χ4v) is 3.25. The lowest BCUT2D eigenvalue weighted by atomic mass is 10.2. The van der Waals surface area contributed by atoms with Crippen molar-refractivity contribution < 1.29 is 19.1 Å². The molecule has 0 saturated heterocycles. The average Bonchev–Trinajstić information content (AvgIpc) is 3.38. The van der Waals surface area contributed by atoms with Crippen molar-refractivity contribution in [1.29, 1.82) is 0 Å². The minimum atomic E-state index is -1.15. The van der Waals surface area contributed by atoms with Gasteiger partial charge in [0, 0.05) is 12.7 Å². The number of aromatic nitrogens is 2. The van der Waals surface area contributed by atoms with E-state index in [0.29, 0.717) is 12.2 Å². The summed E-state index contributed by atoms with van der Waals surface area (Å²) in [6.07, 6.45) is 0.419. The largest absolute Gasteiger partial charge is 0.449 e. The van der Waals surface area contributed by atoms with Crippen LogP contribution >= 0.6 is 11.3 Å². The first kappa shape index (κ1) is 20.3. The molecule has 3 aromatic rings. The summed E-state index contributed by atoms with van der Waals surface area (Å²) in [5.74, 6) is -1.41. The third kappa shape index (κ3) is 4.88. The summed E-state index contributed by atoms with van der Waals surface area (Å²) in [5.41, 5.74) is 1.48. The van der Waals surface area contributed by atoms with Gasteiger partial charge < -0.3 is 10.1 Å². The smallest absolute Gasteiger partial charge is 0.342 e. The first-order valence-electron chi connectivity index (χ1n) is 8.98. The first-order valence-corrected chi connectivity index (χ1v) is 9.86. The number of nitrogens with zero attached hydrogens (tertiary/aromatic N) is 2. The van der Waals surface area contributed by atoms with Gasteiger partial charge in [0.25, 0.3) is 5.91 Å². The van der Waals surface area contributed by atoms with Crippen molar-refractivity contribution >= 4 is 29.2 Å². The van der Waals surface area contributed by atoms with Crippen molar-refractivity contribution in [2.75, 3.05) is 6.54 Å². The number of hydrogen-bond donors (Lipinski definition) is 2. The molecule has 0 bridgehead atoms. The van der Waals surface area contributed by atoms with Gasteiger partial charge in [0.15, 0.2) is 6.10 Å². The Morgan fingerprint density at radius 3 is 2.59 bits per heavy atom. The normalized spacial score (nSPS) is 11.5. The molecule has 0 aliphatic rings. The molecule has 8 nitrogen and oxygen atoms in total. The van der Waals surface area contributed by atoms with Gasteiger partial charge in [-0.3, -0.25) is 10.1 Å². The number of hydrogen-bond acceptors (Lipinski definition) is 6. The Balaban J connectivity index is 1.83. The molecule has 3 amide bonds. The Bertz CT molecular complexity index is 999. The van der Waals surface area contributed by atoms with Crippen molar-refractivity contribution in [3.8, 4) is 16.3 Å². The third-order valence-corrected chi connectivity index (χ3v) is 4.81. The molecule has 2 heterocycles.